The Morgan fingerprint density at radius 3 is 2.89 bits per heavy atom. The number of carboxylic acids is 1. The van der Waals surface area contributed by atoms with Crippen LogP contribution in [0.15, 0.2) is 12.3 Å². The fraction of sp³-hybridized carbons (Fsp3) is 0.500. The molecule has 2 rings (SSSR count). The standard InChI is InChI=1S/C12H13Cl2NO3/c13-9-4-10(14)15-6-8(9)5-12(11(16)17)2-1-3-18-7-12/h4,6H,1-3,5,7H2,(H,16,17). The predicted molar refractivity (Wildman–Crippen MR) is 68.1 cm³/mol. The summed E-state index contributed by atoms with van der Waals surface area (Å²) in [5.41, 5.74) is -0.216. The molecule has 0 aromatic carbocycles. The van der Waals surface area contributed by atoms with Gasteiger partial charge in [0, 0.05) is 17.8 Å². The second-order valence-electron chi connectivity index (χ2n) is 4.52. The van der Waals surface area contributed by atoms with E-state index in [0.717, 1.165) is 6.42 Å². The molecule has 18 heavy (non-hydrogen) atoms. The summed E-state index contributed by atoms with van der Waals surface area (Å²) < 4.78 is 5.31. The normalized spacial score (nSPS) is 23.9. The van der Waals surface area contributed by atoms with Gasteiger partial charge in [0.25, 0.3) is 0 Å². The van der Waals surface area contributed by atoms with Crippen LogP contribution in [0.25, 0.3) is 0 Å². The summed E-state index contributed by atoms with van der Waals surface area (Å²) in [6.45, 7) is 0.822. The van der Waals surface area contributed by atoms with Gasteiger partial charge in [0.05, 0.1) is 12.0 Å². The third-order valence-corrected chi connectivity index (χ3v) is 3.76. The Bertz CT molecular complexity index is 459. The smallest absolute Gasteiger partial charge is 0.312 e. The van der Waals surface area contributed by atoms with Crippen LogP contribution in [0.3, 0.4) is 0 Å². The number of nitrogens with zero attached hydrogens (tertiary/aromatic N) is 1. The molecule has 1 aliphatic rings. The average molecular weight is 290 g/mol. The lowest BCUT2D eigenvalue weighted by molar-refractivity contribution is -0.157. The minimum atomic E-state index is -0.905. The largest absolute Gasteiger partial charge is 0.481 e. The second kappa shape index (κ2) is 5.43. The van der Waals surface area contributed by atoms with Crippen molar-refractivity contribution in [2.75, 3.05) is 13.2 Å². The first-order valence-corrected chi connectivity index (χ1v) is 6.40. The van der Waals surface area contributed by atoms with E-state index in [-0.39, 0.29) is 6.61 Å². The number of hydrogen-bond donors (Lipinski definition) is 1. The zero-order valence-electron chi connectivity index (χ0n) is 9.66. The SMILES string of the molecule is O=C(O)C1(Cc2cnc(Cl)cc2Cl)CCCOC1. The highest BCUT2D eigenvalue weighted by molar-refractivity contribution is 6.34. The molecule has 1 atom stereocenters. The molecule has 1 N–H and O–H groups in total. The van der Waals surface area contributed by atoms with Crippen LogP contribution in [0.2, 0.25) is 10.2 Å². The van der Waals surface area contributed by atoms with Crippen LogP contribution in [-0.4, -0.2) is 29.3 Å². The Morgan fingerprint density at radius 1 is 1.56 bits per heavy atom. The Kier molecular flexibility index (Phi) is 4.10. The summed E-state index contributed by atoms with van der Waals surface area (Å²) in [6, 6.07) is 1.53. The van der Waals surface area contributed by atoms with Crippen LogP contribution >= 0.6 is 23.2 Å². The van der Waals surface area contributed by atoms with E-state index in [1.165, 1.54) is 12.3 Å². The summed E-state index contributed by atoms with van der Waals surface area (Å²) >= 11 is 11.8. The molecule has 1 unspecified atom stereocenters. The number of aromatic nitrogens is 1. The second-order valence-corrected chi connectivity index (χ2v) is 5.31. The van der Waals surface area contributed by atoms with Gasteiger partial charge in [0.15, 0.2) is 0 Å². The lowest BCUT2D eigenvalue weighted by Gasteiger charge is -2.33. The highest BCUT2D eigenvalue weighted by atomic mass is 35.5. The van der Waals surface area contributed by atoms with E-state index in [2.05, 4.69) is 4.98 Å². The highest BCUT2D eigenvalue weighted by Crippen LogP contribution is 2.35. The molecule has 6 heteroatoms. The van der Waals surface area contributed by atoms with Crippen molar-refractivity contribution in [3.05, 3.63) is 28.0 Å². The molecule has 1 aliphatic heterocycles. The first-order chi connectivity index (χ1) is 8.53. The molecule has 4 nitrogen and oxygen atoms in total. The maximum atomic E-state index is 11.5. The van der Waals surface area contributed by atoms with Crippen LogP contribution in [0.5, 0.6) is 0 Å². The molecule has 0 radical (unpaired) electrons. The van der Waals surface area contributed by atoms with E-state index in [4.69, 9.17) is 27.9 Å². The number of pyridine rings is 1. The summed E-state index contributed by atoms with van der Waals surface area (Å²) in [6.07, 6.45) is 3.17. The van der Waals surface area contributed by atoms with E-state index in [1.807, 2.05) is 0 Å². The maximum absolute atomic E-state index is 11.5. The number of rotatable bonds is 3. The molecule has 0 aliphatic carbocycles. The van der Waals surface area contributed by atoms with Gasteiger partial charge in [0.2, 0.25) is 0 Å². The zero-order chi connectivity index (χ0) is 13.2. The van der Waals surface area contributed by atoms with Crippen molar-refractivity contribution in [3.8, 4) is 0 Å². The minimum Gasteiger partial charge on any atom is -0.481 e. The zero-order valence-corrected chi connectivity index (χ0v) is 11.2. The van der Waals surface area contributed by atoms with Gasteiger partial charge in [-0.1, -0.05) is 23.2 Å². The van der Waals surface area contributed by atoms with E-state index in [9.17, 15) is 9.90 Å². The maximum Gasteiger partial charge on any atom is 0.312 e. The summed E-state index contributed by atoms with van der Waals surface area (Å²) in [5, 5.41) is 10.2. The van der Waals surface area contributed by atoms with Crippen molar-refractivity contribution in [1.29, 1.82) is 0 Å². The van der Waals surface area contributed by atoms with Gasteiger partial charge in [-0.25, -0.2) is 4.98 Å². The van der Waals surface area contributed by atoms with Crippen LogP contribution < -0.4 is 0 Å². The summed E-state index contributed by atoms with van der Waals surface area (Å²) in [4.78, 5) is 15.4. The fourth-order valence-electron chi connectivity index (χ4n) is 2.17. The lowest BCUT2D eigenvalue weighted by atomic mass is 9.77. The van der Waals surface area contributed by atoms with Crippen LogP contribution in [0.4, 0.5) is 0 Å². The monoisotopic (exact) mass is 289 g/mol. The predicted octanol–water partition coefficient (Wildman–Crippen LogP) is 2.81. The molecule has 2 heterocycles. The molecule has 0 spiro atoms. The van der Waals surface area contributed by atoms with Crippen molar-refractivity contribution in [2.45, 2.75) is 19.3 Å². The molecule has 0 bridgehead atoms. The molecule has 1 aromatic heterocycles. The van der Waals surface area contributed by atoms with Gasteiger partial charge in [-0.3, -0.25) is 4.79 Å². The third-order valence-electron chi connectivity index (χ3n) is 3.20. The van der Waals surface area contributed by atoms with Gasteiger partial charge in [-0.2, -0.15) is 0 Å². The van der Waals surface area contributed by atoms with Crippen LogP contribution in [0.1, 0.15) is 18.4 Å². The molecule has 1 aromatic rings. The Labute approximate surface area is 115 Å². The summed E-state index contributed by atoms with van der Waals surface area (Å²) in [7, 11) is 0. The van der Waals surface area contributed by atoms with Gasteiger partial charge < -0.3 is 9.84 Å². The van der Waals surface area contributed by atoms with Gasteiger partial charge in [-0.15, -0.1) is 0 Å². The van der Waals surface area contributed by atoms with E-state index in [0.29, 0.717) is 35.2 Å². The van der Waals surface area contributed by atoms with Crippen molar-refractivity contribution in [2.24, 2.45) is 5.41 Å². The topological polar surface area (TPSA) is 59.4 Å². The number of hydrogen-bond acceptors (Lipinski definition) is 3. The first-order valence-electron chi connectivity index (χ1n) is 5.65. The summed E-state index contributed by atoms with van der Waals surface area (Å²) in [5.74, 6) is -0.854. The first kappa shape index (κ1) is 13.6. The number of carbonyl (C=O) groups is 1. The van der Waals surface area contributed by atoms with Gasteiger partial charge in [-0.05, 0) is 30.9 Å². The molecular weight excluding hydrogens is 277 g/mol. The quantitative estimate of drug-likeness (QED) is 0.870. The number of ether oxygens (including phenoxy) is 1. The Morgan fingerprint density at radius 2 is 2.33 bits per heavy atom. The van der Waals surface area contributed by atoms with Gasteiger partial charge in [0.1, 0.15) is 5.15 Å². The third kappa shape index (κ3) is 2.76. The molecular formula is C12H13Cl2NO3. The molecule has 0 saturated carbocycles. The van der Waals surface area contributed by atoms with Crippen molar-refractivity contribution in [3.63, 3.8) is 0 Å². The van der Waals surface area contributed by atoms with E-state index in [1.54, 1.807) is 0 Å². The Balaban J connectivity index is 2.26. The minimum absolute atomic E-state index is 0.210. The number of halogens is 2. The lowest BCUT2D eigenvalue weighted by Crippen LogP contribution is -2.41. The molecule has 98 valence electrons. The molecule has 1 saturated heterocycles. The highest BCUT2D eigenvalue weighted by Gasteiger charge is 2.41. The number of carboxylic acid groups (broad SMARTS) is 1. The fourth-order valence-corrected chi connectivity index (χ4v) is 2.60. The van der Waals surface area contributed by atoms with E-state index >= 15 is 0 Å². The number of aliphatic carboxylic acids is 1. The average Bonchev–Trinajstić information content (AvgIpc) is 2.34. The van der Waals surface area contributed by atoms with Gasteiger partial charge >= 0.3 is 5.97 Å². The van der Waals surface area contributed by atoms with Crippen molar-refractivity contribution < 1.29 is 14.6 Å². The Hall–Kier alpha value is -0.840. The van der Waals surface area contributed by atoms with Crippen molar-refractivity contribution >= 4 is 29.2 Å². The molecule has 1 fully saturated rings. The van der Waals surface area contributed by atoms with Crippen molar-refractivity contribution in [1.82, 2.24) is 4.98 Å². The van der Waals surface area contributed by atoms with Crippen LogP contribution in [0, 0.1) is 5.41 Å². The van der Waals surface area contributed by atoms with E-state index < -0.39 is 11.4 Å². The molecule has 0 amide bonds. The van der Waals surface area contributed by atoms with Crippen LogP contribution in [-0.2, 0) is 16.0 Å².